The molecule has 1 aromatic carbocycles. The molecule has 4 heteroatoms. The number of nitrogens with zero attached hydrogens (tertiary/aromatic N) is 1. The highest BCUT2D eigenvalue weighted by molar-refractivity contribution is 6.00. The number of carbonyl (C=O) groups excluding carboxylic acids is 1. The summed E-state index contributed by atoms with van der Waals surface area (Å²) in [6.45, 7) is 0. The summed E-state index contributed by atoms with van der Waals surface area (Å²) in [5.74, 6) is 1.00. The lowest BCUT2D eigenvalue weighted by Crippen LogP contribution is -2.06. The van der Waals surface area contributed by atoms with Gasteiger partial charge in [0.15, 0.2) is 5.78 Å². The zero-order valence-corrected chi connectivity index (χ0v) is 10.1. The number of para-hydroxylation sites is 1. The van der Waals surface area contributed by atoms with E-state index in [1.54, 1.807) is 37.6 Å². The number of carbonyl (C=O) groups is 1. The van der Waals surface area contributed by atoms with E-state index in [-0.39, 0.29) is 12.2 Å². The third-order valence-electron chi connectivity index (χ3n) is 2.62. The molecule has 0 spiro atoms. The minimum absolute atomic E-state index is 0.00181. The van der Waals surface area contributed by atoms with Gasteiger partial charge in [0, 0.05) is 12.6 Å². The van der Waals surface area contributed by atoms with Crippen LogP contribution in [0.1, 0.15) is 15.9 Å². The quantitative estimate of drug-likeness (QED) is 0.834. The number of nitrogens with two attached hydrogens (primary N) is 1. The van der Waals surface area contributed by atoms with Gasteiger partial charge in [0.25, 0.3) is 0 Å². The van der Waals surface area contributed by atoms with Crippen molar-refractivity contribution in [1.29, 1.82) is 0 Å². The Bertz CT molecular complexity index is 567. The van der Waals surface area contributed by atoms with Gasteiger partial charge in [-0.25, -0.2) is 4.98 Å². The van der Waals surface area contributed by atoms with Gasteiger partial charge in [-0.2, -0.15) is 0 Å². The van der Waals surface area contributed by atoms with Crippen LogP contribution >= 0.6 is 0 Å². The smallest absolute Gasteiger partial charge is 0.170 e. The third-order valence-corrected chi connectivity index (χ3v) is 2.62. The molecule has 2 rings (SSSR count). The Kier molecular flexibility index (Phi) is 3.57. The minimum Gasteiger partial charge on any atom is -0.496 e. The van der Waals surface area contributed by atoms with E-state index >= 15 is 0 Å². The number of hydrogen-bond donors (Lipinski definition) is 1. The van der Waals surface area contributed by atoms with Gasteiger partial charge in [0.2, 0.25) is 0 Å². The van der Waals surface area contributed by atoms with E-state index in [0.717, 1.165) is 5.56 Å². The number of rotatable bonds is 4. The molecule has 1 aromatic heterocycles. The van der Waals surface area contributed by atoms with Crippen LogP contribution in [-0.2, 0) is 6.42 Å². The summed E-state index contributed by atoms with van der Waals surface area (Å²) in [5, 5.41) is 0. The Morgan fingerprint density at radius 3 is 2.83 bits per heavy atom. The summed E-state index contributed by atoms with van der Waals surface area (Å²) in [5.41, 5.74) is 7.01. The normalized spacial score (nSPS) is 10.1. The molecule has 0 amide bonds. The number of pyridine rings is 1. The van der Waals surface area contributed by atoms with E-state index in [1.807, 2.05) is 12.1 Å². The predicted molar refractivity (Wildman–Crippen MR) is 69.7 cm³/mol. The SMILES string of the molecule is COc1ccccc1C(=O)Cc1ccnc(N)c1. The third kappa shape index (κ3) is 2.66. The molecule has 0 unspecified atom stereocenters. The van der Waals surface area contributed by atoms with Crippen molar-refractivity contribution >= 4 is 11.6 Å². The summed E-state index contributed by atoms with van der Waals surface area (Å²) < 4.78 is 5.17. The van der Waals surface area contributed by atoms with Gasteiger partial charge in [-0.3, -0.25) is 4.79 Å². The van der Waals surface area contributed by atoms with Gasteiger partial charge in [-0.1, -0.05) is 12.1 Å². The molecule has 0 bridgehead atoms. The van der Waals surface area contributed by atoms with Crippen molar-refractivity contribution in [3.8, 4) is 5.75 Å². The second-order valence-electron chi connectivity index (χ2n) is 3.89. The van der Waals surface area contributed by atoms with Crippen LogP contribution < -0.4 is 10.5 Å². The molecule has 0 aliphatic carbocycles. The van der Waals surface area contributed by atoms with Crippen molar-refractivity contribution in [3.05, 3.63) is 53.7 Å². The lowest BCUT2D eigenvalue weighted by molar-refractivity contribution is 0.0990. The van der Waals surface area contributed by atoms with Gasteiger partial charge < -0.3 is 10.5 Å². The van der Waals surface area contributed by atoms with Crippen molar-refractivity contribution < 1.29 is 9.53 Å². The molecule has 0 aliphatic heterocycles. The van der Waals surface area contributed by atoms with Crippen LogP contribution in [0.4, 0.5) is 5.82 Å². The Balaban J connectivity index is 2.22. The molecule has 0 atom stereocenters. The molecular formula is C14H14N2O2. The van der Waals surface area contributed by atoms with Crippen LogP contribution in [-0.4, -0.2) is 17.9 Å². The van der Waals surface area contributed by atoms with E-state index in [9.17, 15) is 4.79 Å². The number of methoxy groups -OCH3 is 1. The predicted octanol–water partition coefficient (Wildman–Crippen LogP) is 2.10. The first-order valence-electron chi connectivity index (χ1n) is 5.57. The van der Waals surface area contributed by atoms with Gasteiger partial charge >= 0.3 is 0 Å². The van der Waals surface area contributed by atoms with E-state index in [1.165, 1.54) is 0 Å². The van der Waals surface area contributed by atoms with Crippen molar-refractivity contribution in [1.82, 2.24) is 4.98 Å². The second-order valence-corrected chi connectivity index (χ2v) is 3.89. The summed E-state index contributed by atoms with van der Waals surface area (Å²) in [4.78, 5) is 16.1. The maximum Gasteiger partial charge on any atom is 0.170 e. The summed E-state index contributed by atoms with van der Waals surface area (Å²) in [7, 11) is 1.55. The summed E-state index contributed by atoms with van der Waals surface area (Å²) in [6, 6.07) is 10.7. The molecule has 0 fully saturated rings. The topological polar surface area (TPSA) is 65.2 Å². The first-order valence-corrected chi connectivity index (χ1v) is 5.57. The summed E-state index contributed by atoms with van der Waals surface area (Å²) >= 11 is 0. The zero-order valence-electron chi connectivity index (χ0n) is 10.1. The lowest BCUT2D eigenvalue weighted by atomic mass is 10.0. The average molecular weight is 242 g/mol. The largest absolute Gasteiger partial charge is 0.496 e. The average Bonchev–Trinajstić information content (AvgIpc) is 2.38. The van der Waals surface area contributed by atoms with Crippen LogP contribution in [0, 0.1) is 0 Å². The van der Waals surface area contributed by atoms with E-state index < -0.39 is 0 Å². The number of ether oxygens (including phenoxy) is 1. The van der Waals surface area contributed by atoms with Crippen LogP contribution in [0.2, 0.25) is 0 Å². The molecule has 0 radical (unpaired) electrons. The Morgan fingerprint density at radius 2 is 2.11 bits per heavy atom. The number of Topliss-reactive ketones (excluding diaryl/α,β-unsaturated/α-hetero) is 1. The lowest BCUT2D eigenvalue weighted by Gasteiger charge is -2.07. The van der Waals surface area contributed by atoms with Crippen molar-refractivity contribution in [2.45, 2.75) is 6.42 Å². The highest BCUT2D eigenvalue weighted by atomic mass is 16.5. The van der Waals surface area contributed by atoms with Gasteiger partial charge in [-0.05, 0) is 29.8 Å². The van der Waals surface area contributed by atoms with E-state index in [4.69, 9.17) is 10.5 Å². The molecule has 0 saturated heterocycles. The number of aromatic nitrogens is 1. The molecule has 1 heterocycles. The van der Waals surface area contributed by atoms with E-state index in [0.29, 0.717) is 17.1 Å². The highest BCUT2D eigenvalue weighted by Crippen LogP contribution is 2.19. The maximum atomic E-state index is 12.2. The van der Waals surface area contributed by atoms with E-state index in [2.05, 4.69) is 4.98 Å². The number of ketones is 1. The molecule has 4 nitrogen and oxygen atoms in total. The molecule has 2 N–H and O–H groups in total. The first-order chi connectivity index (χ1) is 8.70. The zero-order chi connectivity index (χ0) is 13.0. The molecular weight excluding hydrogens is 228 g/mol. The number of nitrogen functional groups attached to an aromatic ring is 1. The van der Waals surface area contributed by atoms with Gasteiger partial charge in [0.05, 0.1) is 12.7 Å². The monoisotopic (exact) mass is 242 g/mol. The van der Waals surface area contributed by atoms with Gasteiger partial charge in [0.1, 0.15) is 11.6 Å². The number of benzene rings is 1. The molecule has 2 aromatic rings. The summed E-state index contributed by atoms with van der Waals surface area (Å²) in [6.07, 6.45) is 1.88. The molecule has 0 saturated carbocycles. The Labute approximate surface area is 105 Å². The van der Waals surface area contributed by atoms with Crippen LogP contribution in [0.25, 0.3) is 0 Å². The van der Waals surface area contributed by atoms with Crippen LogP contribution in [0.15, 0.2) is 42.6 Å². The number of anilines is 1. The maximum absolute atomic E-state index is 12.2. The molecule has 0 aliphatic rings. The van der Waals surface area contributed by atoms with Crippen LogP contribution in [0.5, 0.6) is 5.75 Å². The van der Waals surface area contributed by atoms with Crippen molar-refractivity contribution in [3.63, 3.8) is 0 Å². The Hall–Kier alpha value is -2.36. The fourth-order valence-corrected chi connectivity index (χ4v) is 1.76. The van der Waals surface area contributed by atoms with Gasteiger partial charge in [-0.15, -0.1) is 0 Å². The second kappa shape index (κ2) is 5.31. The molecule has 18 heavy (non-hydrogen) atoms. The Morgan fingerprint density at radius 1 is 1.33 bits per heavy atom. The number of hydrogen-bond acceptors (Lipinski definition) is 4. The van der Waals surface area contributed by atoms with Crippen molar-refractivity contribution in [2.24, 2.45) is 0 Å². The van der Waals surface area contributed by atoms with Crippen molar-refractivity contribution in [2.75, 3.05) is 12.8 Å². The fourth-order valence-electron chi connectivity index (χ4n) is 1.76. The minimum atomic E-state index is -0.00181. The standard InChI is InChI=1S/C14H14N2O2/c1-18-13-5-3-2-4-11(13)12(17)8-10-6-7-16-14(15)9-10/h2-7,9H,8H2,1H3,(H2,15,16). The highest BCUT2D eigenvalue weighted by Gasteiger charge is 2.12. The van der Waals surface area contributed by atoms with Crippen LogP contribution in [0.3, 0.4) is 0 Å². The molecule has 92 valence electrons. The fraction of sp³-hybridized carbons (Fsp3) is 0.143. The first kappa shape index (κ1) is 12.1.